The number of carbonyl (C=O) groups excluding carboxylic acids is 2. The Kier molecular flexibility index (Phi) is 5.27. The molecule has 0 spiro atoms. The third kappa shape index (κ3) is 3.67. The highest BCUT2D eigenvalue weighted by Crippen LogP contribution is 2.43. The maximum absolute atomic E-state index is 13.0. The van der Waals surface area contributed by atoms with Crippen LogP contribution in [0.4, 0.5) is 11.4 Å². The van der Waals surface area contributed by atoms with E-state index in [0.29, 0.717) is 21.8 Å². The Morgan fingerprint density at radius 1 is 0.968 bits per heavy atom. The zero-order valence-electron chi connectivity index (χ0n) is 15.9. The van der Waals surface area contributed by atoms with Crippen LogP contribution in [0.15, 0.2) is 84.4 Å². The van der Waals surface area contributed by atoms with Crippen molar-refractivity contribution in [2.75, 3.05) is 4.90 Å². The van der Waals surface area contributed by atoms with E-state index in [1.165, 1.54) is 29.2 Å². The highest BCUT2D eigenvalue weighted by molar-refractivity contribution is 6.51. The zero-order chi connectivity index (χ0) is 22.1. The summed E-state index contributed by atoms with van der Waals surface area (Å²) in [6.07, 6.45) is 0. The monoisotopic (exact) mass is 434 g/mol. The van der Waals surface area contributed by atoms with Crippen LogP contribution in [0.25, 0.3) is 5.76 Å². The van der Waals surface area contributed by atoms with Crippen molar-refractivity contribution in [3.63, 3.8) is 0 Å². The van der Waals surface area contributed by atoms with Crippen LogP contribution in [-0.4, -0.2) is 21.7 Å². The number of Topliss-reactive ketones (excluding diaryl/α,β-unsaturated/α-hetero) is 1. The summed E-state index contributed by atoms with van der Waals surface area (Å²) in [6, 6.07) is 19.2. The van der Waals surface area contributed by atoms with Gasteiger partial charge < -0.3 is 5.11 Å². The van der Waals surface area contributed by atoms with E-state index < -0.39 is 22.7 Å². The zero-order valence-corrected chi connectivity index (χ0v) is 16.7. The first-order valence-electron chi connectivity index (χ1n) is 9.25. The van der Waals surface area contributed by atoms with E-state index in [2.05, 4.69) is 0 Å². The Morgan fingerprint density at radius 3 is 2.35 bits per heavy atom. The molecule has 1 fully saturated rings. The molecule has 154 valence electrons. The second-order valence-corrected chi connectivity index (χ2v) is 7.30. The summed E-state index contributed by atoms with van der Waals surface area (Å²) in [5, 5.41) is 22.6. The maximum atomic E-state index is 13.0. The number of nitro benzene ring substituents is 1. The number of halogens is 1. The van der Waals surface area contributed by atoms with Gasteiger partial charge in [0.2, 0.25) is 0 Å². The molecule has 3 aromatic carbocycles. The summed E-state index contributed by atoms with van der Waals surface area (Å²) in [5.74, 6) is -2.12. The Balaban J connectivity index is 1.98. The Labute approximate surface area is 182 Å². The number of rotatable bonds is 4. The number of hydrogen-bond donors (Lipinski definition) is 1. The van der Waals surface area contributed by atoms with Crippen molar-refractivity contribution in [2.45, 2.75) is 6.04 Å². The lowest BCUT2D eigenvalue weighted by Crippen LogP contribution is -2.29. The van der Waals surface area contributed by atoms with E-state index in [4.69, 9.17) is 11.6 Å². The maximum Gasteiger partial charge on any atom is 0.300 e. The second-order valence-electron chi connectivity index (χ2n) is 6.87. The highest BCUT2D eigenvalue weighted by Gasteiger charge is 2.47. The average molecular weight is 435 g/mol. The minimum atomic E-state index is -1.07. The predicted molar refractivity (Wildman–Crippen MR) is 116 cm³/mol. The lowest BCUT2D eigenvalue weighted by atomic mass is 9.95. The molecular weight excluding hydrogens is 420 g/mol. The lowest BCUT2D eigenvalue weighted by Gasteiger charge is -2.25. The molecule has 1 heterocycles. The molecule has 31 heavy (non-hydrogen) atoms. The van der Waals surface area contributed by atoms with Crippen molar-refractivity contribution in [3.8, 4) is 0 Å². The number of nitro groups is 1. The van der Waals surface area contributed by atoms with Gasteiger partial charge in [-0.25, -0.2) is 0 Å². The third-order valence-corrected chi connectivity index (χ3v) is 5.21. The fourth-order valence-electron chi connectivity index (χ4n) is 3.60. The van der Waals surface area contributed by atoms with Crippen molar-refractivity contribution in [2.24, 2.45) is 0 Å². The van der Waals surface area contributed by atoms with Gasteiger partial charge in [0.15, 0.2) is 0 Å². The van der Waals surface area contributed by atoms with Crippen molar-refractivity contribution < 1.29 is 19.6 Å². The minimum absolute atomic E-state index is 0.156. The van der Waals surface area contributed by atoms with Crippen molar-refractivity contribution in [1.82, 2.24) is 0 Å². The second kappa shape index (κ2) is 8.04. The molecule has 7 nitrogen and oxygen atoms in total. The van der Waals surface area contributed by atoms with E-state index in [1.807, 2.05) is 0 Å². The minimum Gasteiger partial charge on any atom is -0.507 e. The van der Waals surface area contributed by atoms with Crippen LogP contribution in [0, 0.1) is 10.1 Å². The summed E-state index contributed by atoms with van der Waals surface area (Å²) < 4.78 is 0. The SMILES string of the molecule is O=C1C(=O)N(c2cccc(Cl)c2)C(c2cccc([N+](=O)[O-])c2)C1=C(O)c1ccccc1. The van der Waals surface area contributed by atoms with E-state index >= 15 is 0 Å². The van der Waals surface area contributed by atoms with E-state index in [1.54, 1.807) is 54.6 Å². The first-order valence-corrected chi connectivity index (χ1v) is 9.62. The first-order chi connectivity index (χ1) is 14.9. The van der Waals surface area contributed by atoms with E-state index in [-0.39, 0.29) is 17.0 Å². The number of non-ortho nitro benzene ring substituents is 1. The van der Waals surface area contributed by atoms with E-state index in [9.17, 15) is 24.8 Å². The van der Waals surface area contributed by atoms with Gasteiger partial charge in [0, 0.05) is 28.4 Å². The Hall–Kier alpha value is -3.97. The molecule has 1 N–H and O–H groups in total. The van der Waals surface area contributed by atoms with Gasteiger partial charge in [-0.3, -0.25) is 24.6 Å². The number of carbonyl (C=O) groups is 2. The number of nitrogens with zero attached hydrogens (tertiary/aromatic N) is 2. The van der Waals surface area contributed by atoms with Crippen LogP contribution >= 0.6 is 11.6 Å². The first kappa shape index (κ1) is 20.3. The van der Waals surface area contributed by atoms with Gasteiger partial charge in [0.05, 0.1) is 16.5 Å². The summed E-state index contributed by atoms with van der Waals surface area (Å²) in [4.78, 5) is 38.0. The van der Waals surface area contributed by atoms with Crippen LogP contribution in [-0.2, 0) is 9.59 Å². The number of anilines is 1. The van der Waals surface area contributed by atoms with Crippen LogP contribution in [0.5, 0.6) is 0 Å². The molecule has 3 aromatic rings. The fourth-order valence-corrected chi connectivity index (χ4v) is 3.78. The van der Waals surface area contributed by atoms with Gasteiger partial charge in [-0.2, -0.15) is 0 Å². The highest BCUT2D eigenvalue weighted by atomic mass is 35.5. The molecule has 0 aliphatic carbocycles. The number of benzene rings is 3. The molecule has 1 aliphatic rings. The van der Waals surface area contributed by atoms with Gasteiger partial charge >= 0.3 is 0 Å². The molecule has 1 aliphatic heterocycles. The van der Waals surface area contributed by atoms with Crippen LogP contribution in [0.1, 0.15) is 17.2 Å². The van der Waals surface area contributed by atoms with Gasteiger partial charge in [0.1, 0.15) is 5.76 Å². The Morgan fingerprint density at radius 2 is 1.68 bits per heavy atom. The average Bonchev–Trinajstić information content (AvgIpc) is 3.04. The molecule has 0 bridgehead atoms. The quantitative estimate of drug-likeness (QED) is 0.207. The van der Waals surface area contributed by atoms with E-state index in [0.717, 1.165) is 0 Å². The van der Waals surface area contributed by atoms with Gasteiger partial charge in [-0.1, -0.05) is 60.1 Å². The van der Waals surface area contributed by atoms with Gasteiger partial charge in [-0.15, -0.1) is 0 Å². The van der Waals surface area contributed by atoms with Gasteiger partial charge in [0.25, 0.3) is 17.4 Å². The molecule has 1 unspecified atom stereocenters. The number of hydrogen-bond acceptors (Lipinski definition) is 5. The van der Waals surface area contributed by atoms with Crippen molar-refractivity contribution >= 4 is 40.4 Å². The summed E-state index contributed by atoms with van der Waals surface area (Å²) in [6.45, 7) is 0. The van der Waals surface area contributed by atoms with Crippen molar-refractivity contribution in [3.05, 3.63) is 111 Å². The third-order valence-electron chi connectivity index (χ3n) is 4.97. The van der Waals surface area contributed by atoms with Gasteiger partial charge in [-0.05, 0) is 23.8 Å². The molecule has 4 rings (SSSR count). The smallest absolute Gasteiger partial charge is 0.300 e. The molecular formula is C23H15ClN2O5. The molecule has 1 atom stereocenters. The standard InChI is InChI=1S/C23H15ClN2O5/c24-16-9-5-10-17(13-16)25-20(15-8-4-11-18(12-15)26(30)31)19(22(28)23(25)29)21(27)14-6-2-1-3-7-14/h1-13,20,27H. The number of amides is 1. The molecule has 1 amide bonds. The molecule has 1 saturated heterocycles. The molecule has 0 saturated carbocycles. The summed E-state index contributed by atoms with van der Waals surface area (Å²) in [7, 11) is 0. The Bertz CT molecular complexity index is 1240. The van der Waals surface area contributed by atoms with Crippen LogP contribution in [0.2, 0.25) is 5.02 Å². The number of ketones is 1. The summed E-state index contributed by atoms with van der Waals surface area (Å²) in [5.41, 5.74) is 0.636. The predicted octanol–water partition coefficient (Wildman–Crippen LogP) is 4.87. The lowest BCUT2D eigenvalue weighted by molar-refractivity contribution is -0.384. The topological polar surface area (TPSA) is 101 Å². The van der Waals surface area contributed by atoms with Crippen LogP contribution in [0.3, 0.4) is 0 Å². The molecule has 8 heteroatoms. The summed E-state index contributed by atoms with van der Waals surface area (Å²) >= 11 is 6.09. The fraction of sp³-hybridized carbons (Fsp3) is 0.0435. The van der Waals surface area contributed by atoms with Crippen molar-refractivity contribution in [1.29, 1.82) is 0 Å². The molecule has 0 radical (unpaired) electrons. The largest absolute Gasteiger partial charge is 0.507 e. The molecule has 0 aromatic heterocycles. The number of aliphatic hydroxyl groups excluding tert-OH is 1. The normalized spacial score (nSPS) is 17.7. The number of aliphatic hydroxyl groups is 1. The van der Waals surface area contributed by atoms with Crippen LogP contribution < -0.4 is 4.90 Å².